The quantitative estimate of drug-likeness (QED) is 0.647. The number of allylic oxidation sites excluding steroid dienone is 1. The number of hydrogen-bond donors (Lipinski definition) is 2. The number of amides is 2. The fourth-order valence-electron chi connectivity index (χ4n) is 0.943. The Hall–Kier alpha value is -1.58. The minimum atomic E-state index is -0.293. The van der Waals surface area contributed by atoms with Crippen LogP contribution in [0.3, 0.4) is 0 Å². The predicted molar refractivity (Wildman–Crippen MR) is 48.4 cm³/mol. The van der Waals surface area contributed by atoms with Gasteiger partial charge in [-0.25, -0.2) is 0 Å². The molecule has 0 saturated heterocycles. The number of nitrogens with one attached hydrogen (secondary N) is 2. The Balaban J connectivity index is 2.64. The van der Waals surface area contributed by atoms with Crippen LogP contribution in [-0.2, 0) is 9.59 Å². The topological polar surface area (TPSA) is 58.2 Å². The van der Waals surface area contributed by atoms with Crippen LogP contribution in [0.1, 0.15) is 19.8 Å². The van der Waals surface area contributed by atoms with Gasteiger partial charge in [-0.15, -0.1) is 0 Å². The average molecular weight is 180 g/mol. The molecule has 2 N–H and O–H groups in total. The van der Waals surface area contributed by atoms with Crippen LogP contribution in [0.2, 0.25) is 0 Å². The highest BCUT2D eigenvalue weighted by molar-refractivity contribution is 5.99. The molecule has 0 saturated carbocycles. The van der Waals surface area contributed by atoms with Crippen molar-refractivity contribution in [3.05, 3.63) is 24.0 Å². The number of carbonyl (C=O) groups is 2. The Labute approximate surface area is 76.7 Å². The van der Waals surface area contributed by atoms with Gasteiger partial charge >= 0.3 is 0 Å². The first kappa shape index (κ1) is 9.51. The van der Waals surface area contributed by atoms with Crippen molar-refractivity contribution in [2.45, 2.75) is 19.8 Å². The summed E-state index contributed by atoms with van der Waals surface area (Å²) in [6.07, 6.45) is 2.60. The summed E-state index contributed by atoms with van der Waals surface area (Å²) in [5.41, 5.74) is 0.971. The largest absolute Gasteiger partial charge is 0.325 e. The highest BCUT2D eigenvalue weighted by atomic mass is 16.2. The van der Waals surface area contributed by atoms with Gasteiger partial charge in [0.25, 0.3) is 5.91 Å². The number of hydrogen-bond acceptors (Lipinski definition) is 2. The Morgan fingerprint density at radius 2 is 2.46 bits per heavy atom. The van der Waals surface area contributed by atoms with Crippen LogP contribution in [0.5, 0.6) is 0 Å². The molecule has 1 heterocycles. The van der Waals surface area contributed by atoms with Gasteiger partial charge in [0.15, 0.2) is 0 Å². The van der Waals surface area contributed by atoms with Crippen molar-refractivity contribution in [2.75, 3.05) is 0 Å². The van der Waals surface area contributed by atoms with E-state index in [1.54, 1.807) is 13.0 Å². The van der Waals surface area contributed by atoms with Crippen LogP contribution in [0.15, 0.2) is 24.0 Å². The van der Waals surface area contributed by atoms with Crippen LogP contribution in [0, 0.1) is 0 Å². The Bertz CT molecular complexity index is 292. The molecule has 0 aromatic carbocycles. The summed E-state index contributed by atoms with van der Waals surface area (Å²) in [7, 11) is 0. The molecule has 0 radical (unpaired) electrons. The molecule has 1 aliphatic heterocycles. The van der Waals surface area contributed by atoms with E-state index in [4.69, 9.17) is 0 Å². The van der Waals surface area contributed by atoms with Gasteiger partial charge in [0.05, 0.1) is 0 Å². The molecule has 0 atom stereocenters. The van der Waals surface area contributed by atoms with E-state index < -0.39 is 0 Å². The Morgan fingerprint density at radius 1 is 1.77 bits per heavy atom. The fourth-order valence-corrected chi connectivity index (χ4v) is 0.943. The van der Waals surface area contributed by atoms with E-state index in [0.29, 0.717) is 24.2 Å². The van der Waals surface area contributed by atoms with E-state index in [-0.39, 0.29) is 11.8 Å². The molecule has 1 aliphatic rings. The van der Waals surface area contributed by atoms with Crippen molar-refractivity contribution in [2.24, 2.45) is 0 Å². The summed E-state index contributed by atoms with van der Waals surface area (Å²) >= 11 is 0. The van der Waals surface area contributed by atoms with E-state index in [1.807, 2.05) is 0 Å². The van der Waals surface area contributed by atoms with Gasteiger partial charge in [-0.1, -0.05) is 13.5 Å². The molecule has 0 aliphatic carbocycles. The lowest BCUT2D eigenvalue weighted by atomic mass is 10.2. The molecule has 0 fully saturated rings. The van der Waals surface area contributed by atoms with Gasteiger partial charge in [-0.2, -0.15) is 0 Å². The maximum Gasteiger partial charge on any atom is 0.271 e. The van der Waals surface area contributed by atoms with Crippen LogP contribution in [-0.4, -0.2) is 11.8 Å². The van der Waals surface area contributed by atoms with E-state index in [9.17, 15) is 9.59 Å². The summed E-state index contributed by atoms with van der Waals surface area (Å²) < 4.78 is 0. The summed E-state index contributed by atoms with van der Waals surface area (Å²) in [5.74, 6) is -0.452. The number of rotatable bonds is 2. The van der Waals surface area contributed by atoms with Gasteiger partial charge in [0.2, 0.25) is 5.91 Å². The zero-order valence-electron chi connectivity index (χ0n) is 7.52. The Kier molecular flexibility index (Phi) is 2.84. The maximum atomic E-state index is 11.2. The standard InChI is InChI=1S/C9H12N2O2/c1-3-8(12)11-7-5-4-6(2)10-9(7)13/h5H,2-4H2,1H3,(H,10,13)(H,11,12). The lowest BCUT2D eigenvalue weighted by Crippen LogP contribution is -2.36. The molecule has 1 rings (SSSR count). The zero-order chi connectivity index (χ0) is 9.84. The minimum Gasteiger partial charge on any atom is -0.325 e. The van der Waals surface area contributed by atoms with E-state index in [2.05, 4.69) is 17.2 Å². The first-order chi connectivity index (χ1) is 6.13. The van der Waals surface area contributed by atoms with Crippen molar-refractivity contribution >= 4 is 11.8 Å². The number of carbonyl (C=O) groups excluding carboxylic acids is 2. The smallest absolute Gasteiger partial charge is 0.271 e. The monoisotopic (exact) mass is 180 g/mol. The molecular weight excluding hydrogens is 168 g/mol. The molecule has 4 nitrogen and oxygen atoms in total. The second-order valence-electron chi connectivity index (χ2n) is 2.78. The lowest BCUT2D eigenvalue weighted by Gasteiger charge is -2.15. The highest BCUT2D eigenvalue weighted by Gasteiger charge is 2.16. The van der Waals surface area contributed by atoms with E-state index >= 15 is 0 Å². The maximum absolute atomic E-state index is 11.2. The third-order valence-electron chi connectivity index (χ3n) is 1.68. The van der Waals surface area contributed by atoms with Crippen molar-refractivity contribution in [1.29, 1.82) is 0 Å². The fraction of sp³-hybridized carbons (Fsp3) is 0.333. The third-order valence-corrected chi connectivity index (χ3v) is 1.68. The summed E-state index contributed by atoms with van der Waals surface area (Å²) in [6.45, 7) is 5.34. The van der Waals surface area contributed by atoms with Gasteiger partial charge in [-0.3, -0.25) is 9.59 Å². The summed E-state index contributed by atoms with van der Waals surface area (Å²) in [5, 5.41) is 5.05. The molecule has 13 heavy (non-hydrogen) atoms. The van der Waals surface area contributed by atoms with Crippen molar-refractivity contribution < 1.29 is 9.59 Å². The molecule has 0 bridgehead atoms. The van der Waals surface area contributed by atoms with Gasteiger partial charge in [0.1, 0.15) is 5.70 Å². The second-order valence-corrected chi connectivity index (χ2v) is 2.78. The third kappa shape index (κ3) is 2.43. The normalized spacial score (nSPS) is 16.2. The minimum absolute atomic E-state index is 0.158. The molecule has 0 unspecified atom stereocenters. The van der Waals surface area contributed by atoms with Gasteiger partial charge in [-0.05, 0) is 6.08 Å². The molecule has 2 amide bonds. The zero-order valence-corrected chi connectivity index (χ0v) is 7.52. The van der Waals surface area contributed by atoms with Crippen molar-refractivity contribution in [3.8, 4) is 0 Å². The van der Waals surface area contributed by atoms with Crippen LogP contribution in [0.4, 0.5) is 0 Å². The molecular formula is C9H12N2O2. The van der Waals surface area contributed by atoms with Gasteiger partial charge < -0.3 is 10.6 Å². The first-order valence-electron chi connectivity index (χ1n) is 4.12. The SMILES string of the molecule is C=C1CC=C(NC(=O)CC)C(=O)N1. The predicted octanol–water partition coefficient (Wildman–Crippen LogP) is 0.430. The molecule has 0 aromatic rings. The van der Waals surface area contributed by atoms with Crippen LogP contribution in [0.25, 0.3) is 0 Å². The Morgan fingerprint density at radius 3 is 3.00 bits per heavy atom. The second kappa shape index (κ2) is 3.89. The highest BCUT2D eigenvalue weighted by Crippen LogP contribution is 2.06. The molecule has 70 valence electrons. The first-order valence-corrected chi connectivity index (χ1v) is 4.12. The van der Waals surface area contributed by atoms with Crippen LogP contribution < -0.4 is 10.6 Å². The van der Waals surface area contributed by atoms with E-state index in [1.165, 1.54) is 0 Å². The van der Waals surface area contributed by atoms with Crippen molar-refractivity contribution in [1.82, 2.24) is 10.6 Å². The molecule has 0 aromatic heterocycles. The van der Waals surface area contributed by atoms with Gasteiger partial charge in [0, 0.05) is 18.5 Å². The molecule has 0 spiro atoms. The average Bonchev–Trinajstić information content (AvgIpc) is 2.09. The lowest BCUT2D eigenvalue weighted by molar-refractivity contribution is -0.123. The van der Waals surface area contributed by atoms with Crippen molar-refractivity contribution in [3.63, 3.8) is 0 Å². The van der Waals surface area contributed by atoms with Crippen LogP contribution >= 0.6 is 0 Å². The summed E-state index contributed by atoms with van der Waals surface area (Å²) in [6, 6.07) is 0. The van der Waals surface area contributed by atoms with E-state index in [0.717, 1.165) is 0 Å². The summed E-state index contributed by atoms with van der Waals surface area (Å²) in [4.78, 5) is 22.2. The molecule has 4 heteroatoms.